The van der Waals surface area contributed by atoms with Gasteiger partial charge in [0.15, 0.2) is 0 Å². The summed E-state index contributed by atoms with van der Waals surface area (Å²) in [7, 11) is -3.99. The van der Waals surface area contributed by atoms with Gasteiger partial charge in [-0.15, -0.1) is 0 Å². The molecule has 3 aromatic rings. The van der Waals surface area contributed by atoms with Crippen molar-refractivity contribution in [2.24, 2.45) is 0 Å². The number of carbonyl (C=O) groups excluding carboxylic acids is 1. The van der Waals surface area contributed by atoms with Crippen molar-refractivity contribution < 1.29 is 23.1 Å². The first-order chi connectivity index (χ1) is 16.2. The average Bonchev–Trinajstić information content (AvgIpc) is 2.79. The van der Waals surface area contributed by atoms with Crippen LogP contribution in [0.3, 0.4) is 0 Å². The highest BCUT2D eigenvalue weighted by atomic mass is 32.2. The molecule has 2 amide bonds. The lowest BCUT2D eigenvalue weighted by Crippen LogP contribution is -2.42. The molecule has 8 nitrogen and oxygen atoms in total. The van der Waals surface area contributed by atoms with Gasteiger partial charge in [-0.05, 0) is 66.8 Å². The molecule has 34 heavy (non-hydrogen) atoms. The Labute approximate surface area is 199 Å². The molecule has 0 aromatic heterocycles. The molecule has 0 radical (unpaired) electrons. The summed E-state index contributed by atoms with van der Waals surface area (Å²) in [5, 5.41) is 15.0. The van der Waals surface area contributed by atoms with E-state index in [-0.39, 0.29) is 17.3 Å². The quantitative estimate of drug-likeness (QED) is 0.370. The van der Waals surface area contributed by atoms with Crippen LogP contribution in [0.15, 0.2) is 77.7 Å². The van der Waals surface area contributed by atoms with Gasteiger partial charge < -0.3 is 15.7 Å². The molecule has 3 aromatic carbocycles. The van der Waals surface area contributed by atoms with Gasteiger partial charge in [0, 0.05) is 12.2 Å². The second kappa shape index (κ2) is 11.0. The number of nitrogens with one attached hydrogen (secondary N) is 3. The zero-order valence-electron chi connectivity index (χ0n) is 18.9. The van der Waals surface area contributed by atoms with Gasteiger partial charge in [0.25, 0.3) is 0 Å². The molecule has 0 bridgehead atoms. The molecule has 0 aliphatic rings. The fourth-order valence-corrected chi connectivity index (χ4v) is 4.69. The normalized spacial score (nSPS) is 12.1. The number of hydrogen-bond acceptors (Lipinski definition) is 4. The highest BCUT2D eigenvalue weighted by molar-refractivity contribution is 7.89. The average molecular weight is 482 g/mol. The first-order valence-electron chi connectivity index (χ1n) is 10.7. The number of amides is 2. The number of aliphatic carboxylic acids is 1. The third-order valence-corrected chi connectivity index (χ3v) is 6.55. The summed E-state index contributed by atoms with van der Waals surface area (Å²) in [6.45, 7) is 4.12. The first kappa shape index (κ1) is 24.9. The maximum atomic E-state index is 12.7. The fourth-order valence-electron chi connectivity index (χ4n) is 3.40. The Kier molecular flexibility index (Phi) is 8.04. The van der Waals surface area contributed by atoms with E-state index >= 15 is 0 Å². The molecule has 1 unspecified atom stereocenters. The van der Waals surface area contributed by atoms with Crippen molar-refractivity contribution in [2.75, 3.05) is 11.9 Å². The van der Waals surface area contributed by atoms with Crippen LogP contribution in [0.5, 0.6) is 0 Å². The lowest BCUT2D eigenvalue weighted by Gasteiger charge is -2.15. The predicted octanol–water partition coefficient (Wildman–Crippen LogP) is 3.78. The van der Waals surface area contributed by atoms with Crippen LogP contribution in [0.2, 0.25) is 0 Å². The minimum Gasteiger partial charge on any atom is -0.480 e. The molecule has 178 valence electrons. The molecule has 9 heteroatoms. The van der Waals surface area contributed by atoms with E-state index in [9.17, 15) is 23.1 Å². The van der Waals surface area contributed by atoms with Crippen LogP contribution in [0.25, 0.3) is 11.1 Å². The van der Waals surface area contributed by atoms with Gasteiger partial charge in [-0.1, -0.05) is 48.5 Å². The highest BCUT2D eigenvalue weighted by Gasteiger charge is 2.25. The number of carboxylic acid groups (broad SMARTS) is 1. The van der Waals surface area contributed by atoms with Gasteiger partial charge >= 0.3 is 12.0 Å². The molecule has 4 N–H and O–H groups in total. The smallest absolute Gasteiger partial charge is 0.322 e. The summed E-state index contributed by atoms with van der Waals surface area (Å²) < 4.78 is 27.6. The second-order valence-corrected chi connectivity index (χ2v) is 9.51. The predicted molar refractivity (Wildman–Crippen MR) is 131 cm³/mol. The highest BCUT2D eigenvalue weighted by Crippen LogP contribution is 2.24. The topological polar surface area (TPSA) is 125 Å². The fraction of sp³-hybridized carbons (Fsp3) is 0.200. The Balaban J connectivity index is 1.73. The van der Waals surface area contributed by atoms with Gasteiger partial charge in [0.2, 0.25) is 10.0 Å². The maximum Gasteiger partial charge on any atom is 0.322 e. The number of hydrogen-bond donors (Lipinski definition) is 4. The monoisotopic (exact) mass is 481 g/mol. The first-order valence-corrected chi connectivity index (χ1v) is 12.2. The number of carbonyl (C=O) groups is 2. The summed E-state index contributed by atoms with van der Waals surface area (Å²) in [6.07, 6.45) is -0.0144. The van der Waals surface area contributed by atoms with Crippen LogP contribution in [0, 0.1) is 6.92 Å². The third kappa shape index (κ3) is 6.66. The molecule has 0 aliphatic carbocycles. The third-order valence-electron chi connectivity index (χ3n) is 5.08. The van der Waals surface area contributed by atoms with Crippen LogP contribution in [-0.4, -0.2) is 38.1 Å². The number of carboxylic acids is 1. The van der Waals surface area contributed by atoms with Crippen LogP contribution in [0.1, 0.15) is 18.1 Å². The zero-order chi connectivity index (χ0) is 24.7. The maximum absolute atomic E-state index is 12.7. The summed E-state index contributed by atoms with van der Waals surface area (Å²) >= 11 is 0. The molecule has 0 fully saturated rings. The standard InChI is InChI=1S/C25H27N3O5S/c1-3-26-25(31)27-21-8-5-7-20(16-21)19-12-10-18(11-13-19)15-23(24(29)30)28-34(32,33)22-9-4-6-17(2)14-22/h4-14,16,23,28H,3,15H2,1-2H3,(H,29,30)(H2,26,27,31). The largest absolute Gasteiger partial charge is 0.480 e. The number of sulfonamides is 1. The number of anilines is 1. The molecule has 0 spiro atoms. The second-order valence-electron chi connectivity index (χ2n) is 7.79. The number of rotatable bonds is 9. The van der Waals surface area contributed by atoms with E-state index in [0.29, 0.717) is 17.8 Å². The van der Waals surface area contributed by atoms with E-state index in [0.717, 1.165) is 16.7 Å². The van der Waals surface area contributed by atoms with Gasteiger partial charge in [-0.3, -0.25) is 4.79 Å². The minimum absolute atomic E-state index is 0.0144. The number of urea groups is 1. The number of aryl methyl sites for hydroxylation is 1. The van der Waals surface area contributed by atoms with Gasteiger partial charge in [-0.2, -0.15) is 4.72 Å². The Bertz CT molecular complexity index is 1270. The molecular formula is C25H27N3O5S. The minimum atomic E-state index is -3.99. The van der Waals surface area contributed by atoms with E-state index in [1.807, 2.05) is 37.3 Å². The molecule has 0 aliphatic heterocycles. The Hall–Kier alpha value is -3.69. The van der Waals surface area contributed by atoms with Crippen molar-refractivity contribution in [3.63, 3.8) is 0 Å². The Morgan fingerprint density at radius 1 is 0.941 bits per heavy atom. The van der Waals surface area contributed by atoms with Crippen LogP contribution < -0.4 is 15.4 Å². The van der Waals surface area contributed by atoms with Crippen molar-refractivity contribution in [1.29, 1.82) is 0 Å². The van der Waals surface area contributed by atoms with Crippen LogP contribution in [0.4, 0.5) is 10.5 Å². The Morgan fingerprint density at radius 2 is 1.65 bits per heavy atom. The zero-order valence-corrected chi connectivity index (χ0v) is 19.7. The van der Waals surface area contributed by atoms with E-state index in [1.54, 1.807) is 37.3 Å². The summed E-state index contributed by atoms with van der Waals surface area (Å²) in [6, 6.07) is 19.2. The Morgan fingerprint density at radius 3 is 2.29 bits per heavy atom. The molecule has 0 heterocycles. The van der Waals surface area contributed by atoms with E-state index < -0.39 is 22.0 Å². The summed E-state index contributed by atoms with van der Waals surface area (Å²) in [5.74, 6) is -1.26. The van der Waals surface area contributed by atoms with E-state index in [4.69, 9.17) is 0 Å². The van der Waals surface area contributed by atoms with Crippen molar-refractivity contribution >= 4 is 27.7 Å². The van der Waals surface area contributed by atoms with Crippen LogP contribution in [-0.2, 0) is 21.2 Å². The lowest BCUT2D eigenvalue weighted by molar-refractivity contribution is -0.138. The van der Waals surface area contributed by atoms with E-state index in [1.165, 1.54) is 12.1 Å². The van der Waals surface area contributed by atoms with Gasteiger partial charge in [0.05, 0.1) is 4.90 Å². The van der Waals surface area contributed by atoms with Crippen molar-refractivity contribution in [3.8, 4) is 11.1 Å². The molecule has 3 rings (SSSR count). The molecular weight excluding hydrogens is 454 g/mol. The lowest BCUT2D eigenvalue weighted by atomic mass is 10.0. The molecule has 0 saturated heterocycles. The molecule has 0 saturated carbocycles. The summed E-state index contributed by atoms with van der Waals surface area (Å²) in [5.41, 5.74) is 3.81. The van der Waals surface area contributed by atoms with Crippen molar-refractivity contribution in [1.82, 2.24) is 10.0 Å². The van der Waals surface area contributed by atoms with E-state index in [2.05, 4.69) is 15.4 Å². The van der Waals surface area contributed by atoms with Crippen molar-refractivity contribution in [2.45, 2.75) is 31.2 Å². The SMILES string of the molecule is CCNC(=O)Nc1cccc(-c2ccc(CC(NS(=O)(=O)c3cccc(C)c3)C(=O)O)cc2)c1. The summed E-state index contributed by atoms with van der Waals surface area (Å²) in [4.78, 5) is 23.5. The van der Waals surface area contributed by atoms with Crippen molar-refractivity contribution in [3.05, 3.63) is 83.9 Å². The van der Waals surface area contributed by atoms with Gasteiger partial charge in [-0.25, -0.2) is 13.2 Å². The van der Waals surface area contributed by atoms with Gasteiger partial charge in [0.1, 0.15) is 6.04 Å². The van der Waals surface area contributed by atoms with Crippen LogP contribution >= 0.6 is 0 Å². The number of benzene rings is 3. The molecule has 1 atom stereocenters.